The van der Waals surface area contributed by atoms with Gasteiger partial charge in [0.1, 0.15) is 12.0 Å². The van der Waals surface area contributed by atoms with Crippen LogP contribution in [-0.4, -0.2) is 11.7 Å². The first-order chi connectivity index (χ1) is 23.7. The van der Waals surface area contributed by atoms with E-state index < -0.39 is 0 Å². The number of nitrogens with one attached hydrogen (secondary N) is 1. The molecule has 0 saturated carbocycles. The molecule has 7 aromatic carbocycles. The Labute approximate surface area is 280 Å². The maximum absolute atomic E-state index is 9.61. The minimum absolute atomic E-state index is 0.239. The van der Waals surface area contributed by atoms with E-state index in [1.54, 1.807) is 0 Å². The van der Waals surface area contributed by atoms with Gasteiger partial charge in [0.25, 0.3) is 0 Å². The summed E-state index contributed by atoms with van der Waals surface area (Å²) in [6, 6.07) is 60.6. The summed E-state index contributed by atoms with van der Waals surface area (Å²) >= 11 is 0. The molecule has 48 heavy (non-hydrogen) atoms. The molecular formula is C44H30N4. The highest BCUT2D eigenvalue weighted by molar-refractivity contribution is 6.13. The molecule has 8 rings (SSSR count). The van der Waals surface area contributed by atoms with Crippen molar-refractivity contribution in [2.75, 3.05) is 0 Å². The van der Waals surface area contributed by atoms with E-state index in [9.17, 15) is 5.26 Å². The van der Waals surface area contributed by atoms with Crippen molar-refractivity contribution in [2.24, 2.45) is 9.98 Å². The monoisotopic (exact) mass is 614 g/mol. The summed E-state index contributed by atoms with van der Waals surface area (Å²) < 4.78 is 0. The number of nitrogens with zero attached hydrogens (tertiary/aromatic N) is 3. The van der Waals surface area contributed by atoms with Gasteiger partial charge in [-0.15, -0.1) is 0 Å². The van der Waals surface area contributed by atoms with Gasteiger partial charge in [0.05, 0.1) is 11.6 Å². The molecule has 1 aliphatic heterocycles. The van der Waals surface area contributed by atoms with Crippen molar-refractivity contribution in [3.63, 3.8) is 0 Å². The maximum Gasteiger partial charge on any atom is 0.159 e. The van der Waals surface area contributed by atoms with Crippen molar-refractivity contribution >= 4 is 22.4 Å². The number of fused-ring (bicyclic) bond motifs is 1. The molecule has 4 heteroatoms. The zero-order valence-corrected chi connectivity index (χ0v) is 26.1. The molecule has 1 N–H and O–H groups in total. The van der Waals surface area contributed by atoms with Gasteiger partial charge in [0.15, 0.2) is 5.84 Å². The second-order valence-electron chi connectivity index (χ2n) is 11.8. The second-order valence-corrected chi connectivity index (χ2v) is 11.8. The molecule has 0 bridgehead atoms. The van der Waals surface area contributed by atoms with Crippen LogP contribution < -0.4 is 5.32 Å². The van der Waals surface area contributed by atoms with Crippen LogP contribution in [0.3, 0.4) is 0 Å². The lowest BCUT2D eigenvalue weighted by atomic mass is 9.91. The fourth-order valence-electron chi connectivity index (χ4n) is 6.32. The summed E-state index contributed by atoms with van der Waals surface area (Å²) in [6.45, 7) is 0. The summed E-state index contributed by atoms with van der Waals surface area (Å²) in [5.41, 5.74) is 10.3. The van der Waals surface area contributed by atoms with Gasteiger partial charge in [-0.2, -0.15) is 5.26 Å². The average molecular weight is 615 g/mol. The van der Waals surface area contributed by atoms with Crippen molar-refractivity contribution in [3.8, 4) is 39.4 Å². The highest BCUT2D eigenvalue weighted by Crippen LogP contribution is 2.36. The average Bonchev–Trinajstić information content (AvgIpc) is 3.18. The molecule has 0 aliphatic carbocycles. The third kappa shape index (κ3) is 5.66. The van der Waals surface area contributed by atoms with E-state index >= 15 is 0 Å². The smallest absolute Gasteiger partial charge is 0.159 e. The number of aliphatic imine (C=N–C) groups is 2. The van der Waals surface area contributed by atoms with E-state index in [2.05, 4.69) is 121 Å². The predicted molar refractivity (Wildman–Crippen MR) is 197 cm³/mol. The summed E-state index contributed by atoms with van der Waals surface area (Å²) in [7, 11) is 0. The first-order valence-electron chi connectivity index (χ1n) is 16.0. The molecule has 0 saturated heterocycles. The topological polar surface area (TPSA) is 60.5 Å². The fraction of sp³-hybridized carbons (Fsp3) is 0.0227. The molecule has 0 amide bonds. The molecule has 1 heterocycles. The quantitative estimate of drug-likeness (QED) is 0.203. The van der Waals surface area contributed by atoms with Gasteiger partial charge in [-0.25, -0.2) is 9.98 Å². The molecule has 0 fully saturated rings. The Morgan fingerprint density at radius 3 is 1.85 bits per heavy atom. The van der Waals surface area contributed by atoms with Gasteiger partial charge < -0.3 is 5.32 Å². The predicted octanol–water partition coefficient (Wildman–Crippen LogP) is 10.2. The number of nitriles is 1. The van der Waals surface area contributed by atoms with Gasteiger partial charge in [-0.1, -0.05) is 152 Å². The van der Waals surface area contributed by atoms with Crippen LogP contribution in [-0.2, 0) is 0 Å². The first kappa shape index (κ1) is 28.9. The maximum atomic E-state index is 9.61. The number of rotatable bonds is 6. The molecule has 1 atom stereocenters. The van der Waals surface area contributed by atoms with Crippen LogP contribution in [0.4, 0.5) is 0 Å². The van der Waals surface area contributed by atoms with E-state index in [1.165, 1.54) is 10.8 Å². The highest BCUT2D eigenvalue weighted by atomic mass is 15.2. The van der Waals surface area contributed by atoms with Gasteiger partial charge in [-0.3, -0.25) is 0 Å². The first-order valence-corrected chi connectivity index (χ1v) is 16.0. The lowest BCUT2D eigenvalue weighted by Gasteiger charge is -2.23. The summed E-state index contributed by atoms with van der Waals surface area (Å²) in [5.74, 6) is 1.50. The Bertz CT molecular complexity index is 2350. The highest BCUT2D eigenvalue weighted by Gasteiger charge is 2.21. The van der Waals surface area contributed by atoms with Crippen LogP contribution in [0, 0.1) is 11.3 Å². The molecule has 7 aromatic rings. The molecule has 4 nitrogen and oxygen atoms in total. The number of benzene rings is 7. The lowest BCUT2D eigenvalue weighted by Crippen LogP contribution is -2.33. The van der Waals surface area contributed by atoms with Crippen LogP contribution in [0.15, 0.2) is 180 Å². The molecular weight excluding hydrogens is 585 g/mol. The Morgan fingerprint density at radius 2 is 1.10 bits per heavy atom. The zero-order chi connectivity index (χ0) is 32.3. The van der Waals surface area contributed by atoms with Crippen LogP contribution in [0.25, 0.3) is 44.2 Å². The van der Waals surface area contributed by atoms with Gasteiger partial charge in [0, 0.05) is 11.1 Å². The Hall–Kier alpha value is -6.57. The third-order valence-electron chi connectivity index (χ3n) is 8.80. The summed E-state index contributed by atoms with van der Waals surface area (Å²) in [5, 5.41) is 15.5. The van der Waals surface area contributed by atoms with E-state index in [4.69, 9.17) is 9.98 Å². The minimum Gasteiger partial charge on any atom is -0.344 e. The Kier molecular flexibility index (Phi) is 7.62. The van der Waals surface area contributed by atoms with Crippen LogP contribution >= 0.6 is 0 Å². The van der Waals surface area contributed by atoms with E-state index in [-0.39, 0.29) is 6.17 Å². The van der Waals surface area contributed by atoms with Crippen LogP contribution in [0.2, 0.25) is 0 Å². The largest absolute Gasteiger partial charge is 0.344 e. The van der Waals surface area contributed by atoms with Crippen LogP contribution in [0.1, 0.15) is 28.4 Å². The van der Waals surface area contributed by atoms with E-state index in [1.807, 2.05) is 60.7 Å². The van der Waals surface area contributed by atoms with Gasteiger partial charge in [0.2, 0.25) is 0 Å². The number of hydrogen-bond acceptors (Lipinski definition) is 4. The lowest BCUT2D eigenvalue weighted by molar-refractivity contribution is 0.674. The fourth-order valence-corrected chi connectivity index (χ4v) is 6.32. The van der Waals surface area contributed by atoms with E-state index in [0.29, 0.717) is 11.4 Å². The molecule has 226 valence electrons. The molecule has 0 spiro atoms. The zero-order valence-electron chi connectivity index (χ0n) is 26.1. The minimum atomic E-state index is -0.239. The summed E-state index contributed by atoms with van der Waals surface area (Å²) in [6.07, 6.45) is -0.239. The standard InChI is InChI=1S/C44H30N4/c45-29-37-16-8-9-17-39(37)31-21-23-32(24-22-31)41-28-38(27-36-15-7-10-18-40(36)41)30-19-25-35(26-20-30)44-47-42(33-11-3-1-4-12-33)46-43(48-44)34-13-5-2-6-14-34/h1-28,42H,(H,46,47,48). The Balaban J connectivity index is 1.16. The van der Waals surface area contributed by atoms with Crippen molar-refractivity contribution in [1.82, 2.24) is 5.32 Å². The normalized spacial score (nSPS) is 14.0. The summed E-state index contributed by atoms with van der Waals surface area (Å²) in [4.78, 5) is 10.0. The number of amidine groups is 2. The van der Waals surface area contributed by atoms with Crippen molar-refractivity contribution in [2.45, 2.75) is 6.17 Å². The van der Waals surface area contributed by atoms with Crippen molar-refractivity contribution in [3.05, 3.63) is 192 Å². The molecule has 1 aliphatic rings. The third-order valence-corrected chi connectivity index (χ3v) is 8.80. The van der Waals surface area contributed by atoms with Crippen molar-refractivity contribution in [1.29, 1.82) is 5.26 Å². The molecule has 0 aromatic heterocycles. The van der Waals surface area contributed by atoms with Gasteiger partial charge >= 0.3 is 0 Å². The van der Waals surface area contributed by atoms with Crippen LogP contribution in [0.5, 0.6) is 0 Å². The van der Waals surface area contributed by atoms with E-state index in [0.717, 1.165) is 55.9 Å². The Morgan fingerprint density at radius 1 is 0.500 bits per heavy atom. The van der Waals surface area contributed by atoms with Gasteiger partial charge in [-0.05, 0) is 67.9 Å². The van der Waals surface area contributed by atoms with Crippen molar-refractivity contribution < 1.29 is 0 Å². The molecule has 1 unspecified atom stereocenters. The second kappa shape index (κ2) is 12.7. The number of hydrogen-bond donors (Lipinski definition) is 1. The molecule has 0 radical (unpaired) electrons. The SMILES string of the molecule is N#Cc1ccccc1-c1ccc(-c2cc(-c3ccc(C4=NC(c5ccccc5)NC(c5ccccc5)=N4)cc3)cc3ccccc23)cc1.